The molecule has 0 aromatic heterocycles. The number of carbonyl (C=O) groups excluding carboxylic acids is 2. The summed E-state index contributed by atoms with van der Waals surface area (Å²) >= 11 is 0. The molecule has 0 saturated carbocycles. The van der Waals surface area contributed by atoms with Gasteiger partial charge in [-0.25, -0.2) is 9.18 Å². The SMILES string of the molecule is CN1CCN(c2ccc(C(=O)Nc3ccc(NC(=O)N4CCCCCC4)cc3)cc2F)CC1. The van der Waals surface area contributed by atoms with Gasteiger partial charge in [0, 0.05) is 56.2 Å². The Morgan fingerprint density at radius 2 is 1.39 bits per heavy atom. The molecule has 8 heteroatoms. The van der Waals surface area contributed by atoms with Gasteiger partial charge >= 0.3 is 6.03 Å². The van der Waals surface area contributed by atoms with Crippen molar-refractivity contribution in [2.75, 3.05) is 61.8 Å². The lowest BCUT2D eigenvalue weighted by atomic mass is 10.1. The third-order valence-corrected chi connectivity index (χ3v) is 6.34. The Morgan fingerprint density at radius 1 is 0.788 bits per heavy atom. The van der Waals surface area contributed by atoms with Crippen LogP contribution in [0.25, 0.3) is 0 Å². The van der Waals surface area contributed by atoms with Crippen LogP contribution in [0.2, 0.25) is 0 Å². The molecule has 2 aromatic rings. The molecule has 7 nitrogen and oxygen atoms in total. The van der Waals surface area contributed by atoms with Crippen molar-refractivity contribution in [1.29, 1.82) is 0 Å². The Labute approximate surface area is 194 Å². The van der Waals surface area contributed by atoms with Crippen molar-refractivity contribution in [3.8, 4) is 0 Å². The number of nitrogens with one attached hydrogen (secondary N) is 2. The highest BCUT2D eigenvalue weighted by Crippen LogP contribution is 2.23. The number of amides is 3. The summed E-state index contributed by atoms with van der Waals surface area (Å²) in [6, 6.07) is 11.5. The molecule has 2 fully saturated rings. The summed E-state index contributed by atoms with van der Waals surface area (Å²) in [5, 5.41) is 5.71. The third kappa shape index (κ3) is 6.01. The van der Waals surface area contributed by atoms with Crippen LogP contribution in [0.1, 0.15) is 36.0 Å². The molecule has 0 radical (unpaired) electrons. The van der Waals surface area contributed by atoms with E-state index in [1.54, 1.807) is 36.4 Å². The van der Waals surface area contributed by atoms with E-state index in [2.05, 4.69) is 22.6 Å². The normalized spacial score (nSPS) is 17.4. The topological polar surface area (TPSA) is 67.9 Å². The highest BCUT2D eigenvalue weighted by Gasteiger charge is 2.19. The minimum atomic E-state index is -0.390. The van der Waals surface area contributed by atoms with Crippen molar-refractivity contribution in [3.05, 3.63) is 53.8 Å². The first-order valence-corrected chi connectivity index (χ1v) is 11.7. The predicted octanol–water partition coefficient (Wildman–Crippen LogP) is 4.24. The van der Waals surface area contributed by atoms with E-state index in [0.717, 1.165) is 52.1 Å². The van der Waals surface area contributed by atoms with Gasteiger partial charge in [0.25, 0.3) is 5.91 Å². The largest absolute Gasteiger partial charge is 0.367 e. The van der Waals surface area contributed by atoms with Crippen LogP contribution in [0.3, 0.4) is 0 Å². The molecule has 2 saturated heterocycles. The zero-order chi connectivity index (χ0) is 23.2. The molecule has 0 atom stereocenters. The second-order valence-corrected chi connectivity index (χ2v) is 8.82. The summed E-state index contributed by atoms with van der Waals surface area (Å²) < 4.78 is 14.7. The van der Waals surface area contributed by atoms with Crippen molar-refractivity contribution in [2.24, 2.45) is 0 Å². The van der Waals surface area contributed by atoms with Crippen molar-refractivity contribution in [2.45, 2.75) is 25.7 Å². The molecule has 2 N–H and O–H groups in total. The fraction of sp³-hybridized carbons (Fsp3) is 0.440. The number of carbonyl (C=O) groups is 2. The van der Waals surface area contributed by atoms with E-state index < -0.39 is 5.82 Å². The smallest absolute Gasteiger partial charge is 0.321 e. The minimum absolute atomic E-state index is 0.0930. The first-order chi connectivity index (χ1) is 16.0. The maximum Gasteiger partial charge on any atom is 0.321 e. The lowest BCUT2D eigenvalue weighted by Gasteiger charge is -2.34. The number of rotatable bonds is 4. The van der Waals surface area contributed by atoms with Gasteiger partial charge in [0.1, 0.15) is 5.82 Å². The van der Waals surface area contributed by atoms with Crippen LogP contribution < -0.4 is 15.5 Å². The Hall–Kier alpha value is -3.13. The van der Waals surface area contributed by atoms with Gasteiger partial charge < -0.3 is 25.3 Å². The number of nitrogens with zero attached hydrogens (tertiary/aromatic N) is 3. The van der Waals surface area contributed by atoms with Crippen LogP contribution in [0.4, 0.5) is 26.2 Å². The molecule has 4 rings (SSSR count). The van der Waals surface area contributed by atoms with Crippen molar-refractivity contribution in [1.82, 2.24) is 9.80 Å². The molecule has 2 heterocycles. The van der Waals surface area contributed by atoms with E-state index in [4.69, 9.17) is 0 Å². The number of urea groups is 1. The van der Waals surface area contributed by atoms with Gasteiger partial charge in [-0.3, -0.25) is 4.79 Å². The molecular weight excluding hydrogens is 421 g/mol. The van der Waals surface area contributed by atoms with Crippen molar-refractivity contribution in [3.63, 3.8) is 0 Å². The summed E-state index contributed by atoms with van der Waals surface area (Å²) in [6.07, 6.45) is 4.41. The van der Waals surface area contributed by atoms with Gasteiger partial charge in [-0.1, -0.05) is 12.8 Å². The van der Waals surface area contributed by atoms with Crippen LogP contribution in [-0.2, 0) is 0 Å². The number of benzene rings is 2. The first kappa shape index (κ1) is 23.0. The van der Waals surface area contributed by atoms with E-state index in [1.165, 1.54) is 18.9 Å². The molecule has 2 aromatic carbocycles. The summed E-state index contributed by atoms with van der Waals surface area (Å²) in [5.41, 5.74) is 2.05. The van der Waals surface area contributed by atoms with Gasteiger partial charge in [-0.15, -0.1) is 0 Å². The van der Waals surface area contributed by atoms with E-state index >= 15 is 0 Å². The van der Waals surface area contributed by atoms with Crippen LogP contribution in [0.15, 0.2) is 42.5 Å². The summed E-state index contributed by atoms with van der Waals surface area (Å²) in [5.74, 6) is -0.765. The summed E-state index contributed by atoms with van der Waals surface area (Å²) in [6.45, 7) is 4.86. The standard InChI is InChI=1S/C25H32FN5O2/c1-29-14-16-30(17-15-29)23-11-6-19(18-22(23)26)24(32)27-20-7-9-21(10-8-20)28-25(33)31-12-4-2-3-5-13-31/h6-11,18H,2-5,12-17H2,1H3,(H,27,32)(H,28,33). The van der Waals surface area contributed by atoms with Crippen LogP contribution in [0.5, 0.6) is 0 Å². The van der Waals surface area contributed by atoms with Gasteiger partial charge in [-0.2, -0.15) is 0 Å². The lowest BCUT2D eigenvalue weighted by Crippen LogP contribution is -2.44. The molecule has 176 valence electrons. The molecule has 33 heavy (non-hydrogen) atoms. The van der Waals surface area contributed by atoms with Crippen molar-refractivity contribution < 1.29 is 14.0 Å². The fourth-order valence-corrected chi connectivity index (χ4v) is 4.27. The lowest BCUT2D eigenvalue weighted by molar-refractivity contribution is 0.102. The quantitative estimate of drug-likeness (QED) is 0.727. The molecule has 3 amide bonds. The van der Waals surface area contributed by atoms with Gasteiger partial charge in [0.15, 0.2) is 0 Å². The maximum atomic E-state index is 14.7. The monoisotopic (exact) mass is 453 g/mol. The summed E-state index contributed by atoms with van der Waals surface area (Å²) in [4.78, 5) is 31.2. The van der Waals surface area contributed by atoms with Gasteiger partial charge in [-0.05, 0) is 62.4 Å². The first-order valence-electron chi connectivity index (χ1n) is 11.7. The fourth-order valence-electron chi connectivity index (χ4n) is 4.27. The van der Waals surface area contributed by atoms with Gasteiger partial charge in [0.2, 0.25) is 0 Å². The molecule has 0 aliphatic carbocycles. The maximum absolute atomic E-state index is 14.7. The van der Waals surface area contributed by atoms with Crippen LogP contribution in [0, 0.1) is 5.82 Å². The van der Waals surface area contributed by atoms with E-state index in [1.807, 2.05) is 9.80 Å². The zero-order valence-corrected chi connectivity index (χ0v) is 19.1. The average molecular weight is 454 g/mol. The number of hydrogen-bond acceptors (Lipinski definition) is 4. The predicted molar refractivity (Wildman–Crippen MR) is 130 cm³/mol. The van der Waals surface area contributed by atoms with Crippen LogP contribution >= 0.6 is 0 Å². The Morgan fingerprint density at radius 3 is 2.00 bits per heavy atom. The molecular formula is C25H32FN5O2. The highest BCUT2D eigenvalue weighted by molar-refractivity contribution is 6.04. The zero-order valence-electron chi connectivity index (χ0n) is 19.1. The van der Waals surface area contributed by atoms with E-state index in [0.29, 0.717) is 17.1 Å². The van der Waals surface area contributed by atoms with Crippen molar-refractivity contribution >= 4 is 29.0 Å². The number of likely N-dealkylation sites (N-methyl/N-ethyl adjacent to an activating group) is 1. The number of likely N-dealkylation sites (tertiary alicyclic amines) is 1. The number of halogens is 1. The molecule has 0 spiro atoms. The molecule has 2 aliphatic heterocycles. The Kier molecular flexibility index (Phi) is 7.44. The van der Waals surface area contributed by atoms with E-state index in [-0.39, 0.29) is 17.5 Å². The second kappa shape index (κ2) is 10.7. The van der Waals surface area contributed by atoms with E-state index in [9.17, 15) is 14.0 Å². The van der Waals surface area contributed by atoms with Crippen LogP contribution in [-0.4, -0.2) is 68.1 Å². The Bertz CT molecular complexity index is 965. The Balaban J connectivity index is 1.33. The summed E-state index contributed by atoms with van der Waals surface area (Å²) in [7, 11) is 2.05. The highest BCUT2D eigenvalue weighted by atomic mass is 19.1. The average Bonchev–Trinajstić information content (AvgIpc) is 3.11. The number of piperazine rings is 1. The minimum Gasteiger partial charge on any atom is -0.367 e. The molecule has 0 bridgehead atoms. The molecule has 0 unspecified atom stereocenters. The van der Waals surface area contributed by atoms with Gasteiger partial charge in [0.05, 0.1) is 5.69 Å². The molecule has 2 aliphatic rings. The third-order valence-electron chi connectivity index (χ3n) is 6.34. The number of hydrogen-bond donors (Lipinski definition) is 2. The second-order valence-electron chi connectivity index (χ2n) is 8.82. The number of anilines is 3.